The molecule has 2 rings (SSSR count). The smallest absolute Gasteiger partial charge is 0.0538 e. The molecule has 5 heteroatoms. The highest BCUT2D eigenvalue weighted by Gasteiger charge is 2.24. The van der Waals surface area contributed by atoms with E-state index in [4.69, 9.17) is 5.73 Å². The van der Waals surface area contributed by atoms with Crippen molar-refractivity contribution in [3.05, 3.63) is 18.0 Å². The summed E-state index contributed by atoms with van der Waals surface area (Å²) in [6.07, 6.45) is 4.12. The first kappa shape index (κ1) is 14.5. The Balaban J connectivity index is 2.03. The number of likely N-dealkylation sites (N-methyl/N-ethyl adjacent to an activating group) is 1. The Hall–Kier alpha value is -0.910. The third-order valence-corrected chi connectivity index (χ3v) is 4.05. The summed E-state index contributed by atoms with van der Waals surface area (Å²) in [6.45, 7) is 12.8. The molecule has 108 valence electrons. The highest BCUT2D eigenvalue weighted by molar-refractivity contribution is 5.12. The monoisotopic (exact) mass is 265 g/mol. The molecule has 1 aliphatic heterocycles. The number of rotatable bonds is 5. The molecule has 0 aliphatic carbocycles. The number of hydrogen-bond acceptors (Lipinski definition) is 4. The molecule has 0 aromatic carbocycles. The second-order valence-corrected chi connectivity index (χ2v) is 5.57. The van der Waals surface area contributed by atoms with Gasteiger partial charge in [0.25, 0.3) is 0 Å². The van der Waals surface area contributed by atoms with E-state index in [9.17, 15) is 0 Å². The van der Waals surface area contributed by atoms with Gasteiger partial charge in [-0.05, 0) is 20.4 Å². The van der Waals surface area contributed by atoms with Crippen molar-refractivity contribution in [2.45, 2.75) is 32.9 Å². The maximum Gasteiger partial charge on any atom is 0.0538 e. The average molecular weight is 265 g/mol. The van der Waals surface area contributed by atoms with Crippen molar-refractivity contribution in [1.29, 1.82) is 0 Å². The van der Waals surface area contributed by atoms with Gasteiger partial charge in [0.1, 0.15) is 0 Å². The number of piperazine rings is 1. The molecule has 19 heavy (non-hydrogen) atoms. The minimum Gasteiger partial charge on any atom is -0.329 e. The van der Waals surface area contributed by atoms with Crippen LogP contribution in [0.2, 0.25) is 0 Å². The topological polar surface area (TPSA) is 50.3 Å². The zero-order chi connectivity index (χ0) is 13.8. The maximum atomic E-state index is 6.00. The molecule has 1 saturated heterocycles. The molecular formula is C14H27N5. The standard InChI is InChI=1S/C14H27N5/c1-4-17-5-7-18(8-6-17)14(9-15)13-10-16-19(11-13)12(2)3/h10-12,14H,4-9,15H2,1-3H3. The molecule has 1 aromatic rings. The summed E-state index contributed by atoms with van der Waals surface area (Å²) in [6, 6.07) is 0.718. The second kappa shape index (κ2) is 6.50. The molecule has 5 nitrogen and oxygen atoms in total. The molecule has 0 saturated carbocycles. The predicted molar refractivity (Wildman–Crippen MR) is 78.1 cm³/mol. The van der Waals surface area contributed by atoms with E-state index < -0.39 is 0 Å². The van der Waals surface area contributed by atoms with Crippen molar-refractivity contribution in [1.82, 2.24) is 19.6 Å². The zero-order valence-electron chi connectivity index (χ0n) is 12.4. The lowest BCUT2D eigenvalue weighted by Crippen LogP contribution is -2.48. The predicted octanol–water partition coefficient (Wildman–Crippen LogP) is 1.10. The lowest BCUT2D eigenvalue weighted by atomic mass is 10.1. The highest BCUT2D eigenvalue weighted by atomic mass is 15.3. The molecule has 1 unspecified atom stereocenters. The highest BCUT2D eigenvalue weighted by Crippen LogP contribution is 2.21. The van der Waals surface area contributed by atoms with Crippen LogP contribution in [0.25, 0.3) is 0 Å². The Kier molecular flexibility index (Phi) is 4.96. The Bertz CT molecular complexity index is 379. The SMILES string of the molecule is CCN1CCN(C(CN)c2cnn(C(C)C)c2)CC1. The summed E-state index contributed by atoms with van der Waals surface area (Å²) < 4.78 is 2.01. The van der Waals surface area contributed by atoms with Gasteiger partial charge < -0.3 is 10.6 Å². The third-order valence-electron chi connectivity index (χ3n) is 4.05. The summed E-state index contributed by atoms with van der Waals surface area (Å²) in [7, 11) is 0. The zero-order valence-corrected chi connectivity index (χ0v) is 12.4. The first-order valence-electron chi connectivity index (χ1n) is 7.36. The molecule has 0 amide bonds. The van der Waals surface area contributed by atoms with Crippen LogP contribution < -0.4 is 5.73 Å². The van der Waals surface area contributed by atoms with Crippen LogP contribution in [0.1, 0.15) is 38.4 Å². The lowest BCUT2D eigenvalue weighted by Gasteiger charge is -2.38. The normalized spacial score (nSPS) is 20.1. The molecule has 0 radical (unpaired) electrons. The largest absolute Gasteiger partial charge is 0.329 e. The minimum absolute atomic E-state index is 0.312. The van der Waals surface area contributed by atoms with Crippen LogP contribution in [0.3, 0.4) is 0 Å². The molecule has 1 aliphatic rings. The van der Waals surface area contributed by atoms with Gasteiger partial charge in [0.15, 0.2) is 0 Å². The van der Waals surface area contributed by atoms with Crippen LogP contribution in [0.15, 0.2) is 12.4 Å². The summed E-state index contributed by atoms with van der Waals surface area (Å²) in [5, 5.41) is 4.43. The quantitative estimate of drug-likeness (QED) is 0.866. The maximum absolute atomic E-state index is 6.00. The van der Waals surface area contributed by atoms with Gasteiger partial charge in [0.2, 0.25) is 0 Å². The van der Waals surface area contributed by atoms with Gasteiger partial charge in [-0.2, -0.15) is 5.10 Å². The first-order valence-corrected chi connectivity index (χ1v) is 7.36. The summed E-state index contributed by atoms with van der Waals surface area (Å²) in [4.78, 5) is 4.98. The van der Waals surface area contributed by atoms with Gasteiger partial charge in [0.05, 0.1) is 12.2 Å². The van der Waals surface area contributed by atoms with Crippen molar-refractivity contribution >= 4 is 0 Å². The summed E-state index contributed by atoms with van der Waals surface area (Å²) in [5.41, 5.74) is 7.25. The Labute approximate surface area is 116 Å². The average Bonchev–Trinajstić information content (AvgIpc) is 2.90. The van der Waals surface area contributed by atoms with Gasteiger partial charge in [-0.1, -0.05) is 6.92 Å². The van der Waals surface area contributed by atoms with E-state index in [0.717, 1.165) is 32.7 Å². The first-order chi connectivity index (χ1) is 9.15. The van der Waals surface area contributed by atoms with Crippen LogP contribution in [0, 0.1) is 0 Å². The lowest BCUT2D eigenvalue weighted by molar-refractivity contribution is 0.102. The molecule has 0 bridgehead atoms. The van der Waals surface area contributed by atoms with Crippen LogP contribution in [0.4, 0.5) is 0 Å². The Morgan fingerprint density at radius 2 is 1.95 bits per heavy atom. The van der Waals surface area contributed by atoms with Gasteiger partial charge in [-0.3, -0.25) is 9.58 Å². The fourth-order valence-corrected chi connectivity index (χ4v) is 2.69. The molecule has 2 heterocycles. The summed E-state index contributed by atoms with van der Waals surface area (Å²) >= 11 is 0. The van der Waals surface area contributed by atoms with Crippen LogP contribution in [-0.2, 0) is 0 Å². The van der Waals surface area contributed by atoms with E-state index in [1.807, 2.05) is 10.9 Å². The van der Waals surface area contributed by atoms with Gasteiger partial charge >= 0.3 is 0 Å². The summed E-state index contributed by atoms with van der Waals surface area (Å²) in [5.74, 6) is 0. The fourth-order valence-electron chi connectivity index (χ4n) is 2.69. The second-order valence-electron chi connectivity index (χ2n) is 5.57. The number of hydrogen-bond donors (Lipinski definition) is 1. The van der Waals surface area contributed by atoms with E-state index in [0.29, 0.717) is 18.6 Å². The molecule has 0 spiro atoms. The molecule has 1 fully saturated rings. The Morgan fingerprint density at radius 3 is 2.42 bits per heavy atom. The van der Waals surface area contributed by atoms with Gasteiger partial charge in [-0.15, -0.1) is 0 Å². The molecule has 1 aromatic heterocycles. The van der Waals surface area contributed by atoms with Crippen molar-refractivity contribution < 1.29 is 0 Å². The fraction of sp³-hybridized carbons (Fsp3) is 0.786. The molecule has 2 N–H and O–H groups in total. The molecule has 1 atom stereocenters. The number of aromatic nitrogens is 2. The van der Waals surface area contributed by atoms with Crippen LogP contribution in [0.5, 0.6) is 0 Å². The molecular weight excluding hydrogens is 238 g/mol. The van der Waals surface area contributed by atoms with Crippen LogP contribution >= 0.6 is 0 Å². The van der Waals surface area contributed by atoms with Crippen molar-refractivity contribution in [3.63, 3.8) is 0 Å². The number of nitrogens with zero attached hydrogens (tertiary/aromatic N) is 4. The Morgan fingerprint density at radius 1 is 1.26 bits per heavy atom. The van der Waals surface area contributed by atoms with E-state index in [2.05, 4.69) is 41.9 Å². The number of nitrogens with two attached hydrogens (primary N) is 1. The minimum atomic E-state index is 0.312. The van der Waals surface area contributed by atoms with Crippen LogP contribution in [-0.4, -0.2) is 58.8 Å². The van der Waals surface area contributed by atoms with E-state index in [1.54, 1.807) is 0 Å². The van der Waals surface area contributed by atoms with Crippen molar-refractivity contribution in [2.75, 3.05) is 39.3 Å². The van der Waals surface area contributed by atoms with E-state index >= 15 is 0 Å². The van der Waals surface area contributed by atoms with Gasteiger partial charge in [0, 0.05) is 50.5 Å². The van der Waals surface area contributed by atoms with E-state index in [-0.39, 0.29) is 0 Å². The third kappa shape index (κ3) is 3.35. The van der Waals surface area contributed by atoms with Crippen molar-refractivity contribution in [2.24, 2.45) is 5.73 Å². The van der Waals surface area contributed by atoms with Gasteiger partial charge in [-0.25, -0.2) is 0 Å². The van der Waals surface area contributed by atoms with Crippen molar-refractivity contribution in [3.8, 4) is 0 Å². The van der Waals surface area contributed by atoms with E-state index in [1.165, 1.54) is 5.56 Å².